The Hall–Kier alpha value is -2.58. The number of ketones is 1. The zero-order valence-electron chi connectivity index (χ0n) is 15.3. The number of nitro benzene ring substituents is 1. The Balaban J connectivity index is 1.80. The molecule has 2 heterocycles. The number of Topliss-reactive ketones (excluding diaryl/α,β-unsaturated/α-hetero) is 1. The van der Waals surface area contributed by atoms with Gasteiger partial charge in [0.1, 0.15) is 5.78 Å². The summed E-state index contributed by atoms with van der Waals surface area (Å²) >= 11 is 0. The molecule has 3 fully saturated rings. The lowest BCUT2D eigenvalue weighted by Gasteiger charge is -2.49. The Morgan fingerprint density at radius 2 is 1.68 bits per heavy atom. The molecule has 2 aromatic rings. The molecular formula is C20H20N2O5S. The predicted molar refractivity (Wildman–Crippen MR) is 102 cm³/mol. The van der Waals surface area contributed by atoms with Crippen LogP contribution in [0.5, 0.6) is 0 Å². The van der Waals surface area contributed by atoms with Crippen LogP contribution in [0.4, 0.5) is 5.69 Å². The second kappa shape index (κ2) is 6.79. The van der Waals surface area contributed by atoms with Gasteiger partial charge in [0.2, 0.25) is 10.0 Å². The second-order valence-corrected chi connectivity index (χ2v) is 9.29. The number of benzene rings is 2. The number of piperidine rings is 2. The lowest BCUT2D eigenvalue weighted by atomic mass is 9.73. The van der Waals surface area contributed by atoms with Crippen molar-refractivity contribution in [1.29, 1.82) is 0 Å². The van der Waals surface area contributed by atoms with Gasteiger partial charge in [0.15, 0.2) is 0 Å². The Morgan fingerprint density at radius 1 is 1.04 bits per heavy atom. The van der Waals surface area contributed by atoms with Crippen LogP contribution in [0.25, 0.3) is 0 Å². The van der Waals surface area contributed by atoms with Gasteiger partial charge >= 0.3 is 0 Å². The lowest BCUT2D eigenvalue weighted by Crippen LogP contribution is -2.56. The molecule has 0 spiro atoms. The van der Waals surface area contributed by atoms with Crippen LogP contribution in [-0.4, -0.2) is 29.5 Å². The minimum absolute atomic E-state index is 0.0648. The van der Waals surface area contributed by atoms with E-state index in [0.717, 1.165) is 5.56 Å². The number of non-ortho nitro benzene ring substituents is 1. The van der Waals surface area contributed by atoms with Crippen LogP contribution in [-0.2, 0) is 14.8 Å². The molecule has 1 aliphatic carbocycles. The predicted octanol–water partition coefficient (Wildman–Crippen LogP) is 3.39. The first-order valence-corrected chi connectivity index (χ1v) is 10.6. The Labute approximate surface area is 163 Å². The molecule has 0 unspecified atom stereocenters. The van der Waals surface area contributed by atoms with E-state index in [1.807, 2.05) is 6.92 Å². The van der Waals surface area contributed by atoms with E-state index in [9.17, 15) is 23.3 Å². The zero-order valence-corrected chi connectivity index (χ0v) is 16.1. The standard InChI is InChI=1S/C20H20N2O5S/c1-13-2-9-17(10-3-13)28(26,27)21-16-8-11-18(19(23)12-16)20(21)14-4-6-15(7-5-14)22(24)25/h2-7,9-10,16,18,20H,8,11-12H2,1H3/t16-,18+,20+/m0/s1. The summed E-state index contributed by atoms with van der Waals surface area (Å²) in [6.45, 7) is 1.89. The normalized spacial score (nSPS) is 25.0. The smallest absolute Gasteiger partial charge is 0.269 e. The van der Waals surface area contributed by atoms with Gasteiger partial charge in [0.25, 0.3) is 5.69 Å². The van der Waals surface area contributed by atoms with E-state index in [-0.39, 0.29) is 28.8 Å². The van der Waals surface area contributed by atoms with E-state index in [2.05, 4.69) is 0 Å². The van der Waals surface area contributed by atoms with E-state index < -0.39 is 26.9 Å². The van der Waals surface area contributed by atoms with Crippen molar-refractivity contribution < 1.29 is 18.1 Å². The Kier molecular flexibility index (Phi) is 4.55. The summed E-state index contributed by atoms with van der Waals surface area (Å²) < 4.78 is 28.4. The molecule has 0 amide bonds. The Morgan fingerprint density at radius 3 is 2.25 bits per heavy atom. The third-order valence-corrected chi connectivity index (χ3v) is 7.67. The largest absolute Gasteiger partial charge is 0.299 e. The second-order valence-electron chi connectivity index (χ2n) is 7.45. The van der Waals surface area contributed by atoms with E-state index in [1.54, 1.807) is 36.4 Å². The molecular weight excluding hydrogens is 380 g/mol. The number of nitro groups is 1. The van der Waals surface area contributed by atoms with Gasteiger partial charge < -0.3 is 0 Å². The van der Waals surface area contributed by atoms with Gasteiger partial charge in [-0.1, -0.05) is 29.8 Å². The number of carbonyl (C=O) groups is 1. The van der Waals surface area contributed by atoms with Gasteiger partial charge in [-0.2, -0.15) is 4.31 Å². The minimum atomic E-state index is -3.81. The monoisotopic (exact) mass is 400 g/mol. The van der Waals surface area contributed by atoms with E-state index >= 15 is 0 Å². The highest BCUT2D eigenvalue weighted by atomic mass is 32.2. The van der Waals surface area contributed by atoms with Crippen LogP contribution in [0.3, 0.4) is 0 Å². The summed E-state index contributed by atoms with van der Waals surface area (Å²) in [5, 5.41) is 10.9. The third kappa shape index (κ3) is 3.02. The summed E-state index contributed by atoms with van der Waals surface area (Å²) in [5.74, 6) is -0.360. The van der Waals surface area contributed by atoms with Gasteiger partial charge in [0.05, 0.1) is 15.9 Å². The number of hydrogen-bond donors (Lipinski definition) is 0. The summed E-state index contributed by atoms with van der Waals surface area (Å²) in [7, 11) is -3.81. The number of sulfonamides is 1. The van der Waals surface area contributed by atoms with Gasteiger partial charge in [0, 0.05) is 30.5 Å². The molecule has 3 atom stereocenters. The number of rotatable bonds is 4. The van der Waals surface area contributed by atoms with Crippen molar-refractivity contribution in [2.75, 3.05) is 0 Å². The van der Waals surface area contributed by atoms with Crippen LogP contribution >= 0.6 is 0 Å². The number of nitrogens with zero attached hydrogens (tertiary/aromatic N) is 2. The fourth-order valence-corrected chi connectivity index (χ4v) is 6.19. The minimum Gasteiger partial charge on any atom is -0.299 e. The van der Waals surface area contributed by atoms with Crippen molar-refractivity contribution in [1.82, 2.24) is 4.31 Å². The van der Waals surface area contributed by atoms with Crippen molar-refractivity contribution in [3.05, 3.63) is 69.8 Å². The maximum atomic E-state index is 13.5. The Bertz CT molecular complexity index is 1030. The molecule has 5 rings (SSSR count). The maximum Gasteiger partial charge on any atom is 0.269 e. The van der Waals surface area contributed by atoms with Crippen LogP contribution in [0.15, 0.2) is 53.4 Å². The summed E-state index contributed by atoms with van der Waals surface area (Å²) in [6, 6.07) is 11.5. The lowest BCUT2D eigenvalue weighted by molar-refractivity contribution is -0.384. The fourth-order valence-electron chi connectivity index (χ4n) is 4.32. The molecule has 8 heteroatoms. The van der Waals surface area contributed by atoms with Crippen molar-refractivity contribution in [2.24, 2.45) is 5.92 Å². The molecule has 2 aromatic carbocycles. The summed E-state index contributed by atoms with van der Waals surface area (Å²) in [4.78, 5) is 23.2. The summed E-state index contributed by atoms with van der Waals surface area (Å²) in [5.41, 5.74) is 1.51. The van der Waals surface area contributed by atoms with Crippen molar-refractivity contribution in [3.63, 3.8) is 0 Å². The first-order valence-electron chi connectivity index (χ1n) is 9.16. The molecule has 0 radical (unpaired) electrons. The van der Waals surface area contributed by atoms with Crippen LogP contribution < -0.4 is 0 Å². The first-order chi connectivity index (χ1) is 13.3. The van der Waals surface area contributed by atoms with Gasteiger partial charge in [-0.15, -0.1) is 0 Å². The molecule has 3 aliphatic rings. The zero-order chi connectivity index (χ0) is 20.1. The van der Waals surface area contributed by atoms with Crippen LogP contribution in [0.2, 0.25) is 0 Å². The van der Waals surface area contributed by atoms with E-state index in [0.29, 0.717) is 18.4 Å². The van der Waals surface area contributed by atoms with Gasteiger partial charge in [-0.05, 0) is 37.5 Å². The number of carbonyl (C=O) groups excluding carboxylic acids is 1. The molecule has 146 valence electrons. The van der Waals surface area contributed by atoms with Crippen molar-refractivity contribution in [3.8, 4) is 0 Å². The highest BCUT2D eigenvalue weighted by molar-refractivity contribution is 7.89. The summed E-state index contributed by atoms with van der Waals surface area (Å²) in [6.07, 6.45) is 1.50. The maximum absolute atomic E-state index is 13.5. The molecule has 28 heavy (non-hydrogen) atoms. The molecule has 0 aromatic heterocycles. The highest BCUT2D eigenvalue weighted by Crippen LogP contribution is 2.48. The van der Waals surface area contributed by atoms with Crippen molar-refractivity contribution in [2.45, 2.75) is 43.2 Å². The van der Waals surface area contributed by atoms with Crippen molar-refractivity contribution >= 4 is 21.5 Å². The molecule has 1 saturated carbocycles. The van der Waals surface area contributed by atoms with Gasteiger partial charge in [-0.25, -0.2) is 8.42 Å². The quantitative estimate of drug-likeness (QED) is 0.579. The molecule has 2 bridgehead atoms. The first kappa shape index (κ1) is 18.8. The average Bonchev–Trinajstić information content (AvgIpc) is 2.68. The van der Waals surface area contributed by atoms with Crippen LogP contribution in [0, 0.1) is 23.0 Å². The van der Waals surface area contributed by atoms with E-state index in [4.69, 9.17) is 0 Å². The third-order valence-electron chi connectivity index (χ3n) is 5.72. The fraction of sp³-hybridized carbons (Fsp3) is 0.350. The SMILES string of the molecule is Cc1ccc(S(=O)(=O)N2[C@H]3CC[C@H](C(=O)C3)[C@H]2c2ccc([N+](=O)[O-])cc2)cc1. The average molecular weight is 400 g/mol. The number of hydrogen-bond acceptors (Lipinski definition) is 5. The molecule has 7 nitrogen and oxygen atoms in total. The topological polar surface area (TPSA) is 97.6 Å². The molecule has 2 aliphatic heterocycles. The number of fused-ring (bicyclic) bond motifs is 3. The van der Waals surface area contributed by atoms with E-state index in [1.165, 1.54) is 16.4 Å². The molecule has 2 saturated heterocycles. The highest BCUT2D eigenvalue weighted by Gasteiger charge is 2.52. The number of aryl methyl sites for hydroxylation is 1. The van der Waals surface area contributed by atoms with Gasteiger partial charge in [-0.3, -0.25) is 14.9 Å². The molecule has 0 N–H and O–H groups in total. The van der Waals surface area contributed by atoms with Crippen LogP contribution in [0.1, 0.15) is 36.4 Å².